The molecule has 0 unspecified atom stereocenters. The van der Waals surface area contributed by atoms with Gasteiger partial charge >= 0.3 is 0 Å². The van der Waals surface area contributed by atoms with Gasteiger partial charge in [-0.3, -0.25) is 0 Å². The summed E-state index contributed by atoms with van der Waals surface area (Å²) < 4.78 is 5.05. The minimum Gasteiger partial charge on any atom is -0.497 e. The van der Waals surface area contributed by atoms with Crippen LogP contribution in [0, 0.1) is 20.8 Å². The van der Waals surface area contributed by atoms with Gasteiger partial charge in [0, 0.05) is 0 Å². The standard InChI is InChI=1S/C9H12O.C7H8/c1-7-4-5-9(10-3)6-8(7)2;1-7-5-3-2-4-6-7/h4-6H,1-3H3;2-6H,1H3. The monoisotopic (exact) mass is 228 g/mol. The molecule has 0 N–H and O–H groups in total. The largest absolute Gasteiger partial charge is 0.497 e. The van der Waals surface area contributed by atoms with Gasteiger partial charge < -0.3 is 4.74 Å². The summed E-state index contributed by atoms with van der Waals surface area (Å²) in [5, 5.41) is 0. The molecule has 0 aliphatic carbocycles. The van der Waals surface area contributed by atoms with Crippen LogP contribution in [0.15, 0.2) is 48.5 Å². The average Bonchev–Trinajstić information content (AvgIpc) is 2.34. The number of hydrogen-bond donors (Lipinski definition) is 0. The first kappa shape index (κ1) is 13.3. The summed E-state index contributed by atoms with van der Waals surface area (Å²) >= 11 is 0. The molecule has 0 fully saturated rings. The number of methoxy groups -OCH3 is 1. The van der Waals surface area contributed by atoms with E-state index in [4.69, 9.17) is 4.74 Å². The van der Waals surface area contributed by atoms with Gasteiger partial charge in [-0.2, -0.15) is 0 Å². The van der Waals surface area contributed by atoms with E-state index in [-0.39, 0.29) is 0 Å². The predicted octanol–water partition coefficient (Wildman–Crippen LogP) is 4.31. The van der Waals surface area contributed by atoms with Crippen molar-refractivity contribution in [3.8, 4) is 5.75 Å². The lowest BCUT2D eigenvalue weighted by Crippen LogP contribution is -1.85. The van der Waals surface area contributed by atoms with Gasteiger partial charge in [0.1, 0.15) is 5.75 Å². The first-order valence-electron chi connectivity index (χ1n) is 5.76. The van der Waals surface area contributed by atoms with Gasteiger partial charge in [-0.25, -0.2) is 0 Å². The molecule has 2 rings (SSSR count). The smallest absolute Gasteiger partial charge is 0.119 e. The molecule has 0 atom stereocenters. The van der Waals surface area contributed by atoms with E-state index in [2.05, 4.69) is 39.0 Å². The van der Waals surface area contributed by atoms with Crippen LogP contribution in [0.5, 0.6) is 5.75 Å². The number of aryl methyl sites for hydroxylation is 3. The average molecular weight is 228 g/mol. The highest BCUT2D eigenvalue weighted by atomic mass is 16.5. The van der Waals surface area contributed by atoms with E-state index in [1.165, 1.54) is 16.7 Å². The Balaban J connectivity index is 0.000000181. The molecule has 0 aliphatic rings. The van der Waals surface area contributed by atoms with Gasteiger partial charge in [-0.1, -0.05) is 42.0 Å². The molecule has 0 bridgehead atoms. The summed E-state index contributed by atoms with van der Waals surface area (Å²) in [6, 6.07) is 16.3. The van der Waals surface area contributed by atoms with E-state index in [0.29, 0.717) is 0 Å². The van der Waals surface area contributed by atoms with E-state index in [1.54, 1.807) is 7.11 Å². The van der Waals surface area contributed by atoms with Crippen LogP contribution in [-0.2, 0) is 0 Å². The first-order chi connectivity index (χ1) is 8.13. The highest BCUT2D eigenvalue weighted by molar-refractivity contribution is 5.33. The van der Waals surface area contributed by atoms with E-state index in [1.807, 2.05) is 30.3 Å². The first-order valence-corrected chi connectivity index (χ1v) is 5.76. The highest BCUT2D eigenvalue weighted by Crippen LogP contribution is 2.15. The summed E-state index contributed by atoms with van der Waals surface area (Å²) in [5.41, 5.74) is 3.91. The molecule has 0 aliphatic heterocycles. The number of rotatable bonds is 1. The Hall–Kier alpha value is -1.76. The zero-order valence-electron chi connectivity index (χ0n) is 11.0. The van der Waals surface area contributed by atoms with Gasteiger partial charge in [0.25, 0.3) is 0 Å². The summed E-state index contributed by atoms with van der Waals surface area (Å²) in [7, 11) is 1.68. The van der Waals surface area contributed by atoms with Crippen molar-refractivity contribution in [2.24, 2.45) is 0 Å². The zero-order valence-corrected chi connectivity index (χ0v) is 11.0. The van der Waals surface area contributed by atoms with Crippen LogP contribution < -0.4 is 4.74 Å². The van der Waals surface area contributed by atoms with E-state index < -0.39 is 0 Å². The second-order valence-corrected chi connectivity index (χ2v) is 4.10. The lowest BCUT2D eigenvalue weighted by Gasteiger charge is -2.02. The quantitative estimate of drug-likeness (QED) is 0.706. The van der Waals surface area contributed by atoms with Gasteiger partial charge in [0.05, 0.1) is 7.11 Å². The van der Waals surface area contributed by atoms with Crippen molar-refractivity contribution < 1.29 is 4.74 Å². The Bertz CT molecular complexity index is 446. The number of hydrogen-bond acceptors (Lipinski definition) is 1. The van der Waals surface area contributed by atoms with E-state index in [0.717, 1.165) is 5.75 Å². The fourth-order valence-corrected chi connectivity index (χ4v) is 1.38. The third-order valence-corrected chi connectivity index (χ3v) is 2.65. The molecule has 0 radical (unpaired) electrons. The van der Waals surface area contributed by atoms with Crippen molar-refractivity contribution in [2.75, 3.05) is 7.11 Å². The summed E-state index contributed by atoms with van der Waals surface area (Å²) in [4.78, 5) is 0. The Labute approximate surface area is 104 Å². The van der Waals surface area contributed by atoms with Gasteiger partial charge in [0.15, 0.2) is 0 Å². The topological polar surface area (TPSA) is 9.23 Å². The van der Waals surface area contributed by atoms with Gasteiger partial charge in [0.2, 0.25) is 0 Å². The molecule has 0 saturated heterocycles. The molecule has 1 nitrogen and oxygen atoms in total. The van der Waals surface area contributed by atoms with Crippen LogP contribution in [-0.4, -0.2) is 7.11 Å². The van der Waals surface area contributed by atoms with Crippen molar-refractivity contribution in [1.29, 1.82) is 0 Å². The minimum absolute atomic E-state index is 0.933. The fraction of sp³-hybridized carbons (Fsp3) is 0.250. The third kappa shape index (κ3) is 4.73. The fourth-order valence-electron chi connectivity index (χ4n) is 1.38. The zero-order chi connectivity index (χ0) is 12.7. The second kappa shape index (κ2) is 6.74. The molecule has 0 amide bonds. The van der Waals surface area contributed by atoms with E-state index in [9.17, 15) is 0 Å². The molecular formula is C16H20O. The molecular weight excluding hydrogens is 208 g/mol. The van der Waals surface area contributed by atoms with Gasteiger partial charge in [-0.05, 0) is 44.0 Å². The molecule has 0 saturated carbocycles. The molecule has 1 heteroatoms. The lowest BCUT2D eigenvalue weighted by molar-refractivity contribution is 0.414. The minimum atomic E-state index is 0.933. The second-order valence-electron chi connectivity index (χ2n) is 4.10. The lowest BCUT2D eigenvalue weighted by atomic mass is 10.1. The predicted molar refractivity (Wildman–Crippen MR) is 73.6 cm³/mol. The Morgan fingerprint density at radius 1 is 0.765 bits per heavy atom. The maximum atomic E-state index is 5.05. The Morgan fingerprint density at radius 3 is 1.82 bits per heavy atom. The Kier molecular flexibility index (Phi) is 5.28. The molecule has 17 heavy (non-hydrogen) atoms. The van der Waals surface area contributed by atoms with Crippen LogP contribution in [0.1, 0.15) is 16.7 Å². The van der Waals surface area contributed by atoms with Crippen molar-refractivity contribution >= 4 is 0 Å². The molecule has 2 aromatic carbocycles. The van der Waals surface area contributed by atoms with E-state index >= 15 is 0 Å². The summed E-state index contributed by atoms with van der Waals surface area (Å²) in [6.07, 6.45) is 0. The van der Waals surface area contributed by atoms with Crippen LogP contribution in [0.25, 0.3) is 0 Å². The maximum Gasteiger partial charge on any atom is 0.119 e. The highest BCUT2D eigenvalue weighted by Gasteiger charge is 1.93. The van der Waals surface area contributed by atoms with Crippen molar-refractivity contribution in [2.45, 2.75) is 20.8 Å². The third-order valence-electron chi connectivity index (χ3n) is 2.65. The number of benzene rings is 2. The van der Waals surface area contributed by atoms with Crippen molar-refractivity contribution in [3.05, 3.63) is 65.2 Å². The molecule has 90 valence electrons. The molecule has 2 aromatic rings. The molecule has 0 aromatic heterocycles. The maximum absolute atomic E-state index is 5.05. The van der Waals surface area contributed by atoms with Crippen molar-refractivity contribution in [3.63, 3.8) is 0 Å². The molecule has 0 heterocycles. The summed E-state index contributed by atoms with van der Waals surface area (Å²) in [5.74, 6) is 0.933. The van der Waals surface area contributed by atoms with Gasteiger partial charge in [-0.15, -0.1) is 0 Å². The normalized spacial score (nSPS) is 9.18. The van der Waals surface area contributed by atoms with Crippen molar-refractivity contribution in [1.82, 2.24) is 0 Å². The van der Waals surface area contributed by atoms with Crippen LogP contribution >= 0.6 is 0 Å². The van der Waals surface area contributed by atoms with Crippen LogP contribution in [0.2, 0.25) is 0 Å². The SMILES string of the molecule is COc1ccc(C)c(C)c1.Cc1ccccc1. The summed E-state index contributed by atoms with van der Waals surface area (Å²) in [6.45, 7) is 6.26. The van der Waals surface area contributed by atoms with Crippen LogP contribution in [0.4, 0.5) is 0 Å². The van der Waals surface area contributed by atoms with Crippen LogP contribution in [0.3, 0.4) is 0 Å². The Morgan fingerprint density at radius 2 is 1.41 bits per heavy atom. The molecule has 0 spiro atoms. The number of ether oxygens (including phenoxy) is 1.